The molecular formula is C20H22F2N2O2. The van der Waals surface area contributed by atoms with Crippen molar-refractivity contribution in [1.29, 1.82) is 0 Å². The van der Waals surface area contributed by atoms with Crippen molar-refractivity contribution in [3.63, 3.8) is 0 Å². The number of nitrogens with zero attached hydrogens (tertiary/aromatic N) is 1. The summed E-state index contributed by atoms with van der Waals surface area (Å²) in [7, 11) is 0. The lowest BCUT2D eigenvalue weighted by atomic mass is 9.81. The van der Waals surface area contributed by atoms with E-state index in [0.717, 1.165) is 11.1 Å². The molecule has 0 spiro atoms. The molecule has 6 heteroatoms. The Hall–Kier alpha value is -2.50. The first kappa shape index (κ1) is 18.3. The molecule has 1 N–H and O–H groups in total. The molecule has 1 aromatic rings. The maximum atomic E-state index is 13.7. The van der Waals surface area contributed by atoms with Gasteiger partial charge in [-0.25, -0.2) is 8.78 Å². The lowest BCUT2D eigenvalue weighted by Gasteiger charge is -2.30. The highest BCUT2D eigenvalue weighted by molar-refractivity contribution is 5.86. The van der Waals surface area contributed by atoms with E-state index >= 15 is 0 Å². The molecule has 2 unspecified atom stereocenters. The van der Waals surface area contributed by atoms with Crippen molar-refractivity contribution in [2.45, 2.75) is 25.7 Å². The zero-order valence-corrected chi connectivity index (χ0v) is 14.7. The summed E-state index contributed by atoms with van der Waals surface area (Å²) >= 11 is 0. The molecule has 1 aliphatic carbocycles. The minimum Gasteiger partial charge on any atom is -0.353 e. The van der Waals surface area contributed by atoms with E-state index in [1.165, 1.54) is 18.2 Å². The van der Waals surface area contributed by atoms with E-state index in [-0.39, 0.29) is 48.3 Å². The van der Waals surface area contributed by atoms with Gasteiger partial charge in [0.1, 0.15) is 11.6 Å². The maximum Gasteiger partial charge on any atom is 0.239 e. The van der Waals surface area contributed by atoms with E-state index in [0.29, 0.717) is 19.5 Å². The summed E-state index contributed by atoms with van der Waals surface area (Å²) in [5, 5.41) is 2.70. The largest absolute Gasteiger partial charge is 0.353 e. The highest BCUT2D eigenvalue weighted by Gasteiger charge is 2.28. The third-order valence-electron chi connectivity index (χ3n) is 4.96. The Labute approximate surface area is 151 Å². The highest BCUT2D eigenvalue weighted by Crippen LogP contribution is 2.37. The third-order valence-corrected chi connectivity index (χ3v) is 4.96. The lowest BCUT2D eigenvalue weighted by Crippen LogP contribution is -2.50. The molecule has 0 saturated carbocycles. The van der Waals surface area contributed by atoms with Crippen LogP contribution in [0.15, 0.2) is 47.8 Å². The number of amides is 2. The molecule has 1 aliphatic heterocycles. The molecule has 4 nitrogen and oxygen atoms in total. The highest BCUT2D eigenvalue weighted by atomic mass is 19.1. The van der Waals surface area contributed by atoms with Crippen LogP contribution in [0.25, 0.3) is 0 Å². The van der Waals surface area contributed by atoms with Crippen LogP contribution in [0.4, 0.5) is 8.78 Å². The van der Waals surface area contributed by atoms with Crippen LogP contribution < -0.4 is 5.32 Å². The van der Waals surface area contributed by atoms with Gasteiger partial charge >= 0.3 is 0 Å². The second kappa shape index (κ2) is 7.81. The third kappa shape index (κ3) is 4.18. The molecule has 26 heavy (non-hydrogen) atoms. The summed E-state index contributed by atoms with van der Waals surface area (Å²) in [5.41, 5.74) is 1.76. The average molecular weight is 360 g/mol. The van der Waals surface area contributed by atoms with Gasteiger partial charge in [-0.15, -0.1) is 0 Å². The Morgan fingerprint density at radius 2 is 2.00 bits per heavy atom. The Morgan fingerprint density at radius 1 is 1.27 bits per heavy atom. The van der Waals surface area contributed by atoms with E-state index < -0.39 is 0 Å². The molecule has 2 atom stereocenters. The van der Waals surface area contributed by atoms with Gasteiger partial charge in [0.25, 0.3) is 0 Å². The van der Waals surface area contributed by atoms with Gasteiger partial charge in [0.15, 0.2) is 0 Å². The van der Waals surface area contributed by atoms with Gasteiger partial charge in [-0.05, 0) is 30.2 Å². The van der Waals surface area contributed by atoms with Crippen LogP contribution in [-0.2, 0) is 9.59 Å². The summed E-state index contributed by atoms with van der Waals surface area (Å²) < 4.78 is 27.0. The molecule has 1 heterocycles. The minimum atomic E-state index is -0.344. The number of piperazine rings is 1. The molecule has 3 rings (SSSR count). The van der Waals surface area contributed by atoms with Gasteiger partial charge < -0.3 is 10.2 Å². The number of benzene rings is 1. The summed E-state index contributed by atoms with van der Waals surface area (Å²) in [4.78, 5) is 25.8. The van der Waals surface area contributed by atoms with Crippen molar-refractivity contribution in [2.24, 2.45) is 5.92 Å². The van der Waals surface area contributed by atoms with Crippen LogP contribution >= 0.6 is 0 Å². The number of allylic oxidation sites excluding steroid dienone is 4. The normalized spacial score (nSPS) is 21.6. The molecule has 0 aromatic heterocycles. The Bertz CT molecular complexity index is 756. The molecule has 1 saturated heterocycles. The molecule has 2 aliphatic rings. The summed E-state index contributed by atoms with van der Waals surface area (Å²) in [6.07, 6.45) is 3.85. The second-order valence-corrected chi connectivity index (χ2v) is 6.87. The van der Waals surface area contributed by atoms with Gasteiger partial charge in [-0.1, -0.05) is 30.7 Å². The first-order valence-electron chi connectivity index (χ1n) is 8.80. The number of carbonyl (C=O) groups excluding carboxylic acids is 2. The average Bonchev–Trinajstić information content (AvgIpc) is 2.63. The molecule has 2 amide bonds. The van der Waals surface area contributed by atoms with Crippen LogP contribution in [0.1, 0.15) is 31.2 Å². The monoisotopic (exact) mass is 360 g/mol. The topological polar surface area (TPSA) is 49.4 Å². The molecule has 0 radical (unpaired) electrons. The Morgan fingerprint density at radius 3 is 2.65 bits per heavy atom. The fourth-order valence-electron chi connectivity index (χ4n) is 3.44. The van der Waals surface area contributed by atoms with Crippen molar-refractivity contribution in [1.82, 2.24) is 10.2 Å². The predicted molar refractivity (Wildman–Crippen MR) is 94.4 cm³/mol. The van der Waals surface area contributed by atoms with E-state index in [1.54, 1.807) is 30.0 Å². The first-order chi connectivity index (χ1) is 12.4. The molecular weight excluding hydrogens is 338 g/mol. The number of carbonyl (C=O) groups is 2. The fourth-order valence-corrected chi connectivity index (χ4v) is 3.44. The number of hydrogen-bond donors (Lipinski definition) is 1. The van der Waals surface area contributed by atoms with Crippen LogP contribution in [0.5, 0.6) is 0 Å². The zero-order chi connectivity index (χ0) is 18.7. The van der Waals surface area contributed by atoms with Gasteiger partial charge in [-0.2, -0.15) is 0 Å². The van der Waals surface area contributed by atoms with Crippen molar-refractivity contribution in [3.8, 4) is 0 Å². The Balaban J connectivity index is 1.84. The number of halogens is 2. The van der Waals surface area contributed by atoms with Gasteiger partial charge in [-0.3, -0.25) is 9.59 Å². The molecule has 1 aromatic carbocycles. The van der Waals surface area contributed by atoms with Crippen LogP contribution in [0.3, 0.4) is 0 Å². The molecule has 1 fully saturated rings. The number of rotatable bonds is 4. The Kier molecular flexibility index (Phi) is 5.49. The van der Waals surface area contributed by atoms with Gasteiger partial charge in [0.2, 0.25) is 11.8 Å². The smallest absolute Gasteiger partial charge is 0.239 e. The lowest BCUT2D eigenvalue weighted by molar-refractivity contribution is -0.138. The van der Waals surface area contributed by atoms with Crippen LogP contribution in [-0.4, -0.2) is 36.3 Å². The quantitative estimate of drug-likeness (QED) is 0.897. The van der Waals surface area contributed by atoms with E-state index in [2.05, 4.69) is 5.32 Å². The molecule has 0 bridgehead atoms. The van der Waals surface area contributed by atoms with Crippen molar-refractivity contribution in [3.05, 3.63) is 59.2 Å². The zero-order valence-electron chi connectivity index (χ0n) is 14.7. The van der Waals surface area contributed by atoms with Gasteiger partial charge in [0, 0.05) is 31.3 Å². The molecule has 138 valence electrons. The van der Waals surface area contributed by atoms with Crippen molar-refractivity contribution in [2.75, 3.05) is 19.6 Å². The fraction of sp³-hybridized carbons (Fsp3) is 0.400. The predicted octanol–water partition coefficient (Wildman–Crippen LogP) is 3.08. The number of hydrogen-bond acceptors (Lipinski definition) is 2. The number of nitrogens with one attached hydrogen (secondary N) is 1. The van der Waals surface area contributed by atoms with E-state index in [9.17, 15) is 18.4 Å². The van der Waals surface area contributed by atoms with E-state index in [1.807, 2.05) is 0 Å². The summed E-state index contributed by atoms with van der Waals surface area (Å²) in [6, 6.07) is 6.06. The SMILES string of the molecule is CC1CC(C(CC(=O)N2CCNC(=O)C2)c2ccc(F)cc2)=CC=C1F. The summed E-state index contributed by atoms with van der Waals surface area (Å²) in [5.74, 6) is -1.32. The van der Waals surface area contributed by atoms with E-state index in [4.69, 9.17) is 0 Å². The van der Waals surface area contributed by atoms with Crippen LogP contribution in [0.2, 0.25) is 0 Å². The second-order valence-electron chi connectivity index (χ2n) is 6.87. The first-order valence-corrected chi connectivity index (χ1v) is 8.80. The van der Waals surface area contributed by atoms with Crippen molar-refractivity contribution < 1.29 is 18.4 Å². The maximum absolute atomic E-state index is 13.7. The standard InChI is InChI=1S/C20H22F2N2O2/c1-13-10-15(4-7-18(13)22)17(14-2-5-16(21)6-3-14)11-20(26)24-9-8-23-19(25)12-24/h2-7,13,17H,8-12H2,1H3,(H,23,25). The van der Waals surface area contributed by atoms with Crippen molar-refractivity contribution >= 4 is 11.8 Å². The summed E-state index contributed by atoms with van der Waals surface area (Å²) in [6.45, 7) is 2.78. The minimum absolute atomic E-state index is 0.0545. The van der Waals surface area contributed by atoms with Gasteiger partial charge in [0.05, 0.1) is 6.54 Å². The van der Waals surface area contributed by atoms with Crippen LogP contribution in [0, 0.1) is 11.7 Å².